The Morgan fingerprint density at radius 3 is 2.15 bits per heavy atom. The number of aliphatic hydroxyl groups excluding tert-OH is 1. The molecular formula is C43H72N2O15. The number of amides is 1. The third-order valence-electron chi connectivity index (χ3n) is 13.5. The molecule has 0 aromatic heterocycles. The summed E-state index contributed by atoms with van der Waals surface area (Å²) < 4.78 is 62.2. The Labute approximate surface area is 355 Å². The molecule has 0 saturated carbocycles. The van der Waals surface area contributed by atoms with E-state index in [9.17, 15) is 24.3 Å². The van der Waals surface area contributed by atoms with Gasteiger partial charge in [-0.15, -0.1) is 0 Å². The number of fused-ring (bicyclic) bond motifs is 1. The molecule has 18 atom stereocenters. The number of methoxy groups -OCH3 is 3. The molecule has 4 saturated heterocycles. The number of Topliss-reactive ketones (excluding diaryl/α,β-unsaturated/α-hetero) is 1. The van der Waals surface area contributed by atoms with Crippen LogP contribution in [0.4, 0.5) is 4.79 Å². The van der Waals surface area contributed by atoms with Crippen LogP contribution in [0.15, 0.2) is 12.3 Å². The zero-order chi connectivity index (χ0) is 45.1. The van der Waals surface area contributed by atoms with Crippen LogP contribution in [0.5, 0.6) is 0 Å². The molecular weight excluding hydrogens is 784 g/mol. The minimum atomic E-state index is -1.38. The molecule has 0 aromatic carbocycles. The quantitative estimate of drug-likeness (QED) is 0.131. The molecule has 4 fully saturated rings. The highest BCUT2D eigenvalue weighted by molar-refractivity contribution is 5.85. The highest BCUT2D eigenvalue weighted by Gasteiger charge is 2.58. The van der Waals surface area contributed by atoms with Crippen molar-refractivity contribution in [1.82, 2.24) is 10.2 Å². The summed E-state index contributed by atoms with van der Waals surface area (Å²) in [5.74, 6) is -4.55. The maximum absolute atomic E-state index is 14.6. The summed E-state index contributed by atoms with van der Waals surface area (Å²) >= 11 is 0. The Hall–Kier alpha value is -2.90. The van der Waals surface area contributed by atoms with E-state index in [1.54, 1.807) is 34.6 Å². The van der Waals surface area contributed by atoms with Gasteiger partial charge < -0.3 is 62.7 Å². The molecule has 0 unspecified atom stereocenters. The molecule has 4 heterocycles. The molecule has 60 heavy (non-hydrogen) atoms. The van der Waals surface area contributed by atoms with Crippen molar-refractivity contribution in [1.29, 1.82) is 0 Å². The van der Waals surface area contributed by atoms with Crippen LogP contribution in [0.25, 0.3) is 0 Å². The van der Waals surface area contributed by atoms with Crippen LogP contribution in [-0.2, 0) is 61.8 Å². The Bertz CT molecular complexity index is 1530. The number of carbonyl (C=O) groups excluding carboxylic acids is 4. The number of ketones is 1. The molecule has 4 rings (SSSR count). The lowest BCUT2D eigenvalue weighted by Gasteiger charge is -2.50. The van der Waals surface area contributed by atoms with E-state index >= 15 is 0 Å². The van der Waals surface area contributed by atoms with Gasteiger partial charge in [0.25, 0.3) is 0 Å². The van der Waals surface area contributed by atoms with Gasteiger partial charge in [-0.1, -0.05) is 27.7 Å². The van der Waals surface area contributed by atoms with Crippen molar-refractivity contribution in [3.8, 4) is 0 Å². The zero-order valence-electron chi connectivity index (χ0n) is 38.3. The number of alkyl carbamates (subject to hydrolysis) is 1. The van der Waals surface area contributed by atoms with Gasteiger partial charge in [-0.25, -0.2) is 9.59 Å². The average Bonchev–Trinajstić information content (AvgIpc) is 3.52. The van der Waals surface area contributed by atoms with Gasteiger partial charge in [-0.05, 0) is 74.9 Å². The predicted molar refractivity (Wildman–Crippen MR) is 216 cm³/mol. The van der Waals surface area contributed by atoms with E-state index < -0.39 is 114 Å². The second-order valence-corrected chi connectivity index (χ2v) is 18.1. The normalized spacial score (nSPS) is 44.7. The lowest BCUT2D eigenvalue weighted by molar-refractivity contribution is -0.319. The Balaban J connectivity index is 1.91. The second kappa shape index (κ2) is 20.1. The molecule has 17 heteroatoms. The molecule has 0 spiro atoms. The first kappa shape index (κ1) is 49.8. The number of carbonyl (C=O) groups is 4. The first-order valence-corrected chi connectivity index (χ1v) is 21.2. The van der Waals surface area contributed by atoms with Gasteiger partial charge in [-0.2, -0.15) is 0 Å². The smallest absolute Gasteiger partial charge is 0.408 e. The lowest BCUT2D eigenvalue weighted by atomic mass is 9.73. The first-order valence-electron chi connectivity index (χ1n) is 21.2. The van der Waals surface area contributed by atoms with E-state index in [2.05, 4.69) is 5.32 Å². The van der Waals surface area contributed by atoms with Gasteiger partial charge >= 0.3 is 18.0 Å². The number of aliphatic hydroxyl groups is 1. The Morgan fingerprint density at radius 1 is 0.917 bits per heavy atom. The minimum Gasteiger partial charge on any atom is -0.491 e. The number of rotatable bonds is 11. The van der Waals surface area contributed by atoms with Crippen molar-refractivity contribution in [3.63, 3.8) is 0 Å². The van der Waals surface area contributed by atoms with E-state index in [1.807, 2.05) is 53.6 Å². The number of ether oxygens (including phenoxy) is 10. The van der Waals surface area contributed by atoms with Crippen molar-refractivity contribution in [2.24, 2.45) is 23.7 Å². The first-order chi connectivity index (χ1) is 28.0. The molecule has 344 valence electrons. The van der Waals surface area contributed by atoms with Crippen LogP contribution in [0.2, 0.25) is 0 Å². The number of cyclic esters (lactones) is 1. The maximum atomic E-state index is 14.6. The van der Waals surface area contributed by atoms with E-state index in [4.69, 9.17) is 47.4 Å². The topological polar surface area (TPSA) is 196 Å². The fourth-order valence-corrected chi connectivity index (χ4v) is 9.72. The highest BCUT2D eigenvalue weighted by atomic mass is 16.7. The molecule has 0 bridgehead atoms. The third-order valence-corrected chi connectivity index (χ3v) is 13.5. The SMILES string of the molecule is CC[C@H]1OC(=O)[C@H](C)[C@@H](O[C@H]2C[C@@](C)(OC)[C@@H](O)[C@H](C)O2)[C@H](C)[C@@H](O[C@@H]2O[C@H](C)C[C@H](N(C)C)[C@H]2OC=CC(=O)OC)[C@@](C)(OC)C[C@@H](C)C(=O)[C@H](C)[C@H]2NC(=O)O[C@@]21C. The number of nitrogens with one attached hydrogen (secondary N) is 1. The van der Waals surface area contributed by atoms with Crippen LogP contribution in [0.3, 0.4) is 0 Å². The number of hydrogen-bond acceptors (Lipinski definition) is 16. The number of hydrogen-bond donors (Lipinski definition) is 2. The predicted octanol–water partition coefficient (Wildman–Crippen LogP) is 3.91. The van der Waals surface area contributed by atoms with Crippen LogP contribution in [0, 0.1) is 23.7 Å². The third kappa shape index (κ3) is 10.5. The summed E-state index contributed by atoms with van der Waals surface area (Å²) in [7, 11) is 8.14. The molecule has 0 aliphatic carbocycles. The van der Waals surface area contributed by atoms with Crippen molar-refractivity contribution < 1.29 is 71.7 Å². The summed E-state index contributed by atoms with van der Waals surface area (Å²) in [5, 5.41) is 13.9. The zero-order valence-corrected chi connectivity index (χ0v) is 38.3. The number of likely N-dealkylation sites (N-methyl/N-ethyl adjacent to an activating group) is 1. The van der Waals surface area contributed by atoms with Crippen molar-refractivity contribution in [2.75, 3.05) is 35.4 Å². The molecule has 2 N–H and O–H groups in total. The summed E-state index contributed by atoms with van der Waals surface area (Å²) in [6.45, 7) is 17.9. The molecule has 4 aliphatic heterocycles. The second-order valence-electron chi connectivity index (χ2n) is 18.1. The van der Waals surface area contributed by atoms with Gasteiger partial charge in [0.1, 0.15) is 18.0 Å². The van der Waals surface area contributed by atoms with Gasteiger partial charge in [0.15, 0.2) is 24.3 Å². The number of nitrogens with zero attached hydrogens (tertiary/aromatic N) is 1. The molecule has 0 aromatic rings. The van der Waals surface area contributed by atoms with Crippen molar-refractivity contribution in [3.05, 3.63) is 12.3 Å². The van der Waals surface area contributed by atoms with Gasteiger partial charge in [0.2, 0.25) is 0 Å². The monoisotopic (exact) mass is 856 g/mol. The Kier molecular flexibility index (Phi) is 16.6. The molecule has 0 radical (unpaired) electrons. The maximum Gasteiger partial charge on any atom is 0.408 e. The van der Waals surface area contributed by atoms with Gasteiger partial charge in [0.05, 0.1) is 73.1 Å². The standard InChI is InChI=1S/C43H72N2O15/c1-16-29-43(10)35(44-40(50)60-43)24(4)32(47)22(2)20-42(9,53-15)37(59-39-34(54-18-17-30(46)51-13)28(45(11)12)19-23(3)55-39)25(5)33(26(6)38(49)57-29)58-31-21-41(8,52-14)36(48)27(7)56-31/h17-18,22-29,31,33-37,39,48H,16,19-21H2,1-15H3,(H,44,50)/t22-,23-,24+,25+,26-,27+,28+,29-,31+,33+,34-,35-,36+,37-,39+,41-,42+,43-/m1/s1. The van der Waals surface area contributed by atoms with Crippen molar-refractivity contribution >= 4 is 23.8 Å². The van der Waals surface area contributed by atoms with Crippen LogP contribution >= 0.6 is 0 Å². The molecule has 17 nitrogen and oxygen atoms in total. The summed E-state index contributed by atoms with van der Waals surface area (Å²) in [6.07, 6.45) is -4.89. The van der Waals surface area contributed by atoms with Crippen molar-refractivity contribution in [2.45, 2.75) is 179 Å². The Morgan fingerprint density at radius 2 is 1.57 bits per heavy atom. The largest absolute Gasteiger partial charge is 0.491 e. The summed E-state index contributed by atoms with van der Waals surface area (Å²) in [5.41, 5.74) is -3.70. The summed E-state index contributed by atoms with van der Waals surface area (Å²) in [6, 6.07) is -1.07. The molecule has 4 aliphatic rings. The average molecular weight is 857 g/mol. The van der Waals surface area contributed by atoms with Gasteiger partial charge in [0, 0.05) is 38.4 Å². The van der Waals surface area contributed by atoms with E-state index in [0.717, 1.165) is 0 Å². The van der Waals surface area contributed by atoms with E-state index in [1.165, 1.54) is 33.7 Å². The fraction of sp³-hybridized carbons (Fsp3) is 0.860. The molecule has 1 amide bonds. The fourth-order valence-electron chi connectivity index (χ4n) is 9.72. The van der Waals surface area contributed by atoms with Gasteiger partial charge in [-0.3, -0.25) is 9.59 Å². The van der Waals surface area contributed by atoms with Crippen LogP contribution in [-0.4, -0.2) is 153 Å². The minimum absolute atomic E-state index is 0.117. The summed E-state index contributed by atoms with van der Waals surface area (Å²) in [4.78, 5) is 56.1. The van der Waals surface area contributed by atoms with E-state index in [0.29, 0.717) is 6.42 Å². The van der Waals surface area contributed by atoms with Crippen LogP contribution < -0.4 is 5.32 Å². The van der Waals surface area contributed by atoms with Crippen LogP contribution in [0.1, 0.15) is 94.9 Å². The number of esters is 2. The highest BCUT2D eigenvalue weighted by Crippen LogP contribution is 2.43. The lowest BCUT2D eigenvalue weighted by Crippen LogP contribution is -2.61. The van der Waals surface area contributed by atoms with E-state index in [-0.39, 0.29) is 37.2 Å².